The third-order valence-corrected chi connectivity index (χ3v) is 5.03. The first-order valence-corrected chi connectivity index (χ1v) is 7.93. The van der Waals surface area contributed by atoms with Crippen molar-refractivity contribution in [3.05, 3.63) is 30.1 Å². The molecule has 1 atom stereocenters. The van der Waals surface area contributed by atoms with Crippen molar-refractivity contribution in [1.29, 1.82) is 0 Å². The molecule has 1 aromatic heterocycles. The Morgan fingerprint density at radius 2 is 2.10 bits per heavy atom. The number of nitrogens with one attached hydrogen (secondary N) is 1. The highest BCUT2D eigenvalue weighted by Crippen LogP contribution is 2.31. The number of hydrogen-bond donors (Lipinski definition) is 1. The normalized spacial score (nSPS) is 22.3. The fraction of sp³-hybridized carbons (Fsp3) is 0.588. The minimum atomic E-state index is 0.0300. The Labute approximate surface area is 126 Å². The lowest BCUT2D eigenvalue weighted by Gasteiger charge is -2.29. The first-order valence-electron chi connectivity index (χ1n) is 7.93. The maximum Gasteiger partial charge on any atom is 0.140 e. The number of aryl methyl sites for hydroxylation is 1. The van der Waals surface area contributed by atoms with Gasteiger partial charge in [-0.15, -0.1) is 0 Å². The number of fused-ring (bicyclic) bond motifs is 1. The quantitative estimate of drug-likeness (QED) is 0.943. The van der Waals surface area contributed by atoms with Crippen molar-refractivity contribution < 1.29 is 4.74 Å². The van der Waals surface area contributed by atoms with Gasteiger partial charge in [0.2, 0.25) is 0 Å². The van der Waals surface area contributed by atoms with E-state index in [-0.39, 0.29) is 11.5 Å². The predicted octanol–water partition coefficient (Wildman–Crippen LogP) is 3.04. The third-order valence-electron chi connectivity index (χ3n) is 5.03. The molecule has 1 aliphatic rings. The minimum absolute atomic E-state index is 0.0300. The maximum atomic E-state index is 6.25. The summed E-state index contributed by atoms with van der Waals surface area (Å²) < 4.78 is 8.41. The monoisotopic (exact) mass is 287 g/mol. The summed E-state index contributed by atoms with van der Waals surface area (Å²) in [5.74, 6) is 1.02. The average molecular weight is 287 g/mol. The van der Waals surface area contributed by atoms with Crippen molar-refractivity contribution in [3.63, 3.8) is 0 Å². The molecular weight excluding hydrogens is 262 g/mol. The van der Waals surface area contributed by atoms with E-state index < -0.39 is 0 Å². The molecule has 0 radical (unpaired) electrons. The fourth-order valence-electron chi connectivity index (χ4n) is 3.18. The van der Waals surface area contributed by atoms with Crippen LogP contribution in [0.15, 0.2) is 24.3 Å². The van der Waals surface area contributed by atoms with Gasteiger partial charge in [0.1, 0.15) is 11.9 Å². The number of ether oxygens (including phenoxy) is 1. The van der Waals surface area contributed by atoms with Gasteiger partial charge in [-0.1, -0.05) is 26.0 Å². The number of nitrogens with zero attached hydrogens (tertiary/aromatic N) is 2. The summed E-state index contributed by atoms with van der Waals surface area (Å²) in [6.45, 7) is 7.17. The molecule has 0 aliphatic carbocycles. The van der Waals surface area contributed by atoms with E-state index in [1.165, 1.54) is 0 Å². The van der Waals surface area contributed by atoms with Crippen LogP contribution in [0.5, 0.6) is 0 Å². The van der Waals surface area contributed by atoms with E-state index in [2.05, 4.69) is 49.0 Å². The Morgan fingerprint density at radius 3 is 2.81 bits per heavy atom. The summed E-state index contributed by atoms with van der Waals surface area (Å²) in [6.07, 6.45) is 2.32. The van der Waals surface area contributed by atoms with Gasteiger partial charge < -0.3 is 14.6 Å². The van der Waals surface area contributed by atoms with Crippen molar-refractivity contribution in [2.75, 3.05) is 19.7 Å². The van der Waals surface area contributed by atoms with Gasteiger partial charge in [0.05, 0.1) is 17.6 Å². The summed E-state index contributed by atoms with van der Waals surface area (Å²) >= 11 is 0. The van der Waals surface area contributed by atoms with Crippen molar-refractivity contribution in [2.45, 2.75) is 32.8 Å². The van der Waals surface area contributed by atoms with E-state index in [0.29, 0.717) is 0 Å². The van der Waals surface area contributed by atoms with E-state index in [4.69, 9.17) is 9.72 Å². The van der Waals surface area contributed by atoms with Crippen molar-refractivity contribution in [1.82, 2.24) is 14.9 Å². The van der Waals surface area contributed by atoms with E-state index in [0.717, 1.165) is 49.4 Å². The number of benzene rings is 1. The van der Waals surface area contributed by atoms with Crippen LogP contribution in [0.1, 0.15) is 38.6 Å². The smallest absolute Gasteiger partial charge is 0.140 e. The largest absolute Gasteiger partial charge is 0.368 e. The molecule has 1 aromatic carbocycles. The van der Waals surface area contributed by atoms with Crippen LogP contribution < -0.4 is 5.32 Å². The van der Waals surface area contributed by atoms with Gasteiger partial charge in [-0.25, -0.2) is 4.98 Å². The van der Waals surface area contributed by atoms with Gasteiger partial charge in [0, 0.05) is 25.6 Å². The molecule has 0 bridgehead atoms. The molecule has 0 spiro atoms. The van der Waals surface area contributed by atoms with E-state index in [1.54, 1.807) is 0 Å². The molecule has 1 fully saturated rings. The number of imidazole rings is 1. The summed E-state index contributed by atoms with van der Waals surface area (Å²) in [5, 5.41) is 3.58. The Balaban J connectivity index is 1.88. The van der Waals surface area contributed by atoms with Crippen LogP contribution in [0.3, 0.4) is 0 Å². The first-order chi connectivity index (χ1) is 10.2. The second kappa shape index (κ2) is 5.78. The Kier molecular flexibility index (Phi) is 4.00. The standard InChI is InChI=1S/C17H25N3O/c1-4-17(5-2)11-18-10-15(21-12-17)16-19-13-8-6-7-9-14(13)20(16)3/h6-9,15,18H,4-5,10-12H2,1-3H3. The molecule has 1 aliphatic heterocycles. The first kappa shape index (κ1) is 14.5. The van der Waals surface area contributed by atoms with Crippen molar-refractivity contribution in [3.8, 4) is 0 Å². The molecule has 114 valence electrons. The Morgan fingerprint density at radius 1 is 1.33 bits per heavy atom. The van der Waals surface area contributed by atoms with Crippen LogP contribution in [0.4, 0.5) is 0 Å². The molecule has 21 heavy (non-hydrogen) atoms. The SMILES string of the molecule is CCC1(CC)CNCC(c2nc3ccccc3n2C)OC1. The molecule has 0 amide bonds. The van der Waals surface area contributed by atoms with Gasteiger partial charge in [-0.3, -0.25) is 0 Å². The van der Waals surface area contributed by atoms with Gasteiger partial charge in [0.15, 0.2) is 0 Å². The Bertz CT molecular complexity index is 616. The molecule has 2 aromatic rings. The summed E-state index contributed by atoms with van der Waals surface area (Å²) in [4.78, 5) is 4.77. The molecular formula is C17H25N3O. The lowest BCUT2D eigenvalue weighted by Crippen LogP contribution is -2.34. The van der Waals surface area contributed by atoms with Crippen LogP contribution in [0.25, 0.3) is 11.0 Å². The molecule has 1 N–H and O–H groups in total. The van der Waals surface area contributed by atoms with Crippen LogP contribution >= 0.6 is 0 Å². The number of aromatic nitrogens is 2. The van der Waals surface area contributed by atoms with Crippen molar-refractivity contribution in [2.24, 2.45) is 12.5 Å². The zero-order chi connectivity index (χ0) is 14.9. The van der Waals surface area contributed by atoms with Crippen LogP contribution in [-0.2, 0) is 11.8 Å². The Hall–Kier alpha value is -1.39. The predicted molar refractivity (Wildman–Crippen MR) is 85.3 cm³/mol. The molecule has 4 heteroatoms. The maximum absolute atomic E-state index is 6.25. The topological polar surface area (TPSA) is 39.1 Å². The van der Waals surface area contributed by atoms with Crippen LogP contribution in [0.2, 0.25) is 0 Å². The second-order valence-electron chi connectivity index (χ2n) is 6.16. The van der Waals surface area contributed by atoms with E-state index in [1.807, 2.05) is 6.07 Å². The highest BCUT2D eigenvalue weighted by Gasteiger charge is 2.32. The van der Waals surface area contributed by atoms with Gasteiger partial charge in [0.25, 0.3) is 0 Å². The summed E-state index contributed by atoms with van der Waals surface area (Å²) in [5.41, 5.74) is 2.47. The number of rotatable bonds is 3. The third kappa shape index (κ3) is 2.58. The van der Waals surface area contributed by atoms with Crippen LogP contribution in [-0.4, -0.2) is 29.2 Å². The summed E-state index contributed by atoms with van der Waals surface area (Å²) in [6, 6.07) is 8.26. The molecule has 2 heterocycles. The highest BCUT2D eigenvalue weighted by atomic mass is 16.5. The zero-order valence-electron chi connectivity index (χ0n) is 13.2. The van der Waals surface area contributed by atoms with Gasteiger partial charge >= 0.3 is 0 Å². The number of para-hydroxylation sites is 2. The van der Waals surface area contributed by atoms with E-state index in [9.17, 15) is 0 Å². The molecule has 3 rings (SSSR count). The second-order valence-corrected chi connectivity index (χ2v) is 6.16. The zero-order valence-corrected chi connectivity index (χ0v) is 13.2. The van der Waals surface area contributed by atoms with Gasteiger partial charge in [-0.2, -0.15) is 0 Å². The molecule has 4 nitrogen and oxygen atoms in total. The fourth-order valence-corrected chi connectivity index (χ4v) is 3.18. The van der Waals surface area contributed by atoms with Crippen molar-refractivity contribution >= 4 is 11.0 Å². The highest BCUT2D eigenvalue weighted by molar-refractivity contribution is 5.75. The molecule has 0 saturated carbocycles. The van der Waals surface area contributed by atoms with Gasteiger partial charge in [-0.05, 0) is 25.0 Å². The average Bonchev–Trinajstić information content (AvgIpc) is 2.73. The lowest BCUT2D eigenvalue weighted by molar-refractivity contribution is 0.00529. The minimum Gasteiger partial charge on any atom is -0.368 e. The summed E-state index contributed by atoms with van der Waals surface area (Å²) in [7, 11) is 2.08. The lowest BCUT2D eigenvalue weighted by atomic mass is 9.83. The molecule has 1 unspecified atom stereocenters. The van der Waals surface area contributed by atoms with Crippen LogP contribution in [0, 0.1) is 5.41 Å². The number of hydrogen-bond acceptors (Lipinski definition) is 3. The molecule has 1 saturated heterocycles. The van der Waals surface area contributed by atoms with E-state index >= 15 is 0 Å².